The van der Waals surface area contributed by atoms with Gasteiger partial charge in [0, 0.05) is 5.69 Å². The molecule has 0 bridgehead atoms. The van der Waals surface area contributed by atoms with Gasteiger partial charge in [0.2, 0.25) is 5.43 Å². The number of amides is 1. The highest BCUT2D eigenvalue weighted by atomic mass is 19.1. The van der Waals surface area contributed by atoms with Crippen molar-refractivity contribution >= 4 is 22.5 Å². The van der Waals surface area contributed by atoms with E-state index in [2.05, 4.69) is 10.4 Å². The van der Waals surface area contributed by atoms with Crippen LogP contribution >= 0.6 is 0 Å². The monoisotopic (exact) mass is 373 g/mol. The number of nitrogens with one attached hydrogen (secondary N) is 1. The van der Waals surface area contributed by atoms with Crippen LogP contribution in [0.2, 0.25) is 0 Å². The number of anilines is 1. The Hall–Kier alpha value is -3.80. The van der Waals surface area contributed by atoms with Crippen molar-refractivity contribution < 1.29 is 9.18 Å². The van der Waals surface area contributed by atoms with Gasteiger partial charge < -0.3 is 5.32 Å². The van der Waals surface area contributed by atoms with Crippen molar-refractivity contribution in [1.29, 1.82) is 0 Å². The first-order chi connectivity index (χ1) is 13.5. The first-order valence-electron chi connectivity index (χ1n) is 8.69. The molecule has 0 unspecified atom stereocenters. The van der Waals surface area contributed by atoms with Crippen molar-refractivity contribution in [2.75, 3.05) is 5.32 Å². The van der Waals surface area contributed by atoms with Crippen LogP contribution in [0.1, 0.15) is 16.1 Å². The molecule has 0 saturated carbocycles. The summed E-state index contributed by atoms with van der Waals surface area (Å²) in [7, 11) is 0. The molecule has 4 aromatic rings. The molecule has 0 aliphatic carbocycles. The Balaban J connectivity index is 1.87. The Morgan fingerprint density at radius 2 is 1.75 bits per heavy atom. The van der Waals surface area contributed by atoms with Gasteiger partial charge >= 0.3 is 0 Å². The van der Waals surface area contributed by atoms with Crippen LogP contribution in [0.5, 0.6) is 0 Å². The van der Waals surface area contributed by atoms with Crippen molar-refractivity contribution in [3.8, 4) is 5.69 Å². The van der Waals surface area contributed by atoms with Crippen LogP contribution < -0.4 is 10.7 Å². The summed E-state index contributed by atoms with van der Waals surface area (Å²) in [5.74, 6) is -0.983. The number of aryl methyl sites for hydroxylation is 1. The summed E-state index contributed by atoms with van der Waals surface area (Å²) in [6, 6.07) is 19.8. The van der Waals surface area contributed by atoms with Crippen molar-refractivity contribution in [3.63, 3.8) is 0 Å². The van der Waals surface area contributed by atoms with E-state index in [1.54, 1.807) is 48.5 Å². The van der Waals surface area contributed by atoms with Gasteiger partial charge in [-0.2, -0.15) is 5.10 Å². The Labute approximate surface area is 160 Å². The summed E-state index contributed by atoms with van der Waals surface area (Å²) in [6.07, 6.45) is 0. The van der Waals surface area contributed by atoms with Crippen LogP contribution in [0.3, 0.4) is 0 Å². The number of benzene rings is 3. The molecule has 0 aliphatic heterocycles. The maximum absolute atomic E-state index is 13.3. The second kappa shape index (κ2) is 7.08. The maximum atomic E-state index is 13.3. The molecular formula is C22H16FN3O2. The van der Waals surface area contributed by atoms with Crippen LogP contribution in [0.15, 0.2) is 77.6 Å². The number of fused-ring (bicyclic) bond motifs is 1. The smallest absolute Gasteiger partial charge is 0.280 e. The number of para-hydroxylation sites is 1. The summed E-state index contributed by atoms with van der Waals surface area (Å²) in [5.41, 5.74) is 1.94. The lowest BCUT2D eigenvalue weighted by Gasteiger charge is -2.12. The van der Waals surface area contributed by atoms with Gasteiger partial charge in [0.1, 0.15) is 5.82 Å². The Bertz CT molecular complexity index is 1250. The molecule has 0 aliphatic rings. The number of rotatable bonds is 3. The minimum absolute atomic E-state index is 0.232. The highest BCUT2D eigenvalue weighted by Gasteiger charge is 2.18. The molecule has 138 valence electrons. The molecule has 0 saturated heterocycles. The van der Waals surface area contributed by atoms with E-state index in [1.165, 1.54) is 16.8 Å². The van der Waals surface area contributed by atoms with E-state index < -0.39 is 11.3 Å². The fourth-order valence-electron chi connectivity index (χ4n) is 3.02. The van der Waals surface area contributed by atoms with Crippen LogP contribution in [-0.2, 0) is 0 Å². The van der Waals surface area contributed by atoms with Gasteiger partial charge in [-0.1, -0.05) is 24.3 Å². The lowest BCUT2D eigenvalue weighted by atomic mass is 10.1. The topological polar surface area (TPSA) is 64.0 Å². The third-order valence-electron chi connectivity index (χ3n) is 4.35. The summed E-state index contributed by atoms with van der Waals surface area (Å²) in [6.45, 7) is 1.91. The Kier molecular flexibility index (Phi) is 4.45. The molecule has 6 heteroatoms. The SMILES string of the molecule is Cc1cccc(NC(=O)c2nn(-c3ccc(F)cc3)c3ccccc3c2=O)c1. The molecule has 0 radical (unpaired) electrons. The molecule has 0 spiro atoms. The third-order valence-corrected chi connectivity index (χ3v) is 4.35. The first kappa shape index (κ1) is 17.6. The van der Waals surface area contributed by atoms with Gasteiger partial charge in [0.15, 0.2) is 5.69 Å². The minimum Gasteiger partial charge on any atom is -0.320 e. The summed E-state index contributed by atoms with van der Waals surface area (Å²) in [4.78, 5) is 25.6. The predicted octanol–water partition coefficient (Wildman–Crippen LogP) is 4.09. The number of nitrogens with zero attached hydrogens (tertiary/aromatic N) is 2. The molecule has 1 aromatic heterocycles. The van der Waals surface area contributed by atoms with Crippen LogP contribution in [0, 0.1) is 12.7 Å². The quantitative estimate of drug-likeness (QED) is 0.588. The van der Waals surface area contributed by atoms with Gasteiger partial charge in [-0.25, -0.2) is 9.07 Å². The van der Waals surface area contributed by atoms with Gasteiger partial charge in [0.25, 0.3) is 5.91 Å². The summed E-state index contributed by atoms with van der Waals surface area (Å²) >= 11 is 0. The van der Waals surface area contributed by atoms with Gasteiger partial charge in [-0.15, -0.1) is 0 Å². The highest BCUT2D eigenvalue weighted by Crippen LogP contribution is 2.17. The third kappa shape index (κ3) is 3.27. The second-order valence-electron chi connectivity index (χ2n) is 6.41. The molecule has 4 rings (SSSR count). The molecule has 5 nitrogen and oxygen atoms in total. The van der Waals surface area contributed by atoms with E-state index in [-0.39, 0.29) is 11.5 Å². The molecule has 0 atom stereocenters. The van der Waals surface area contributed by atoms with Gasteiger partial charge in [-0.05, 0) is 61.0 Å². The lowest BCUT2D eigenvalue weighted by Crippen LogP contribution is -2.26. The standard InChI is InChI=1S/C22H16FN3O2/c1-14-5-4-6-16(13-14)24-22(28)20-21(27)18-7-2-3-8-19(18)26(25-20)17-11-9-15(23)10-12-17/h2-13H,1H3,(H,24,28). The predicted molar refractivity (Wildman–Crippen MR) is 106 cm³/mol. The molecule has 28 heavy (non-hydrogen) atoms. The molecule has 0 fully saturated rings. The van der Waals surface area contributed by atoms with Crippen molar-refractivity contribution in [2.45, 2.75) is 6.92 Å². The zero-order valence-electron chi connectivity index (χ0n) is 15.0. The van der Waals surface area contributed by atoms with E-state index >= 15 is 0 Å². The van der Waals surface area contributed by atoms with Gasteiger partial charge in [0.05, 0.1) is 16.6 Å². The lowest BCUT2D eigenvalue weighted by molar-refractivity contribution is 0.102. The number of aromatic nitrogens is 2. The number of hydrogen-bond donors (Lipinski definition) is 1. The van der Waals surface area contributed by atoms with Crippen LogP contribution in [0.4, 0.5) is 10.1 Å². The van der Waals surface area contributed by atoms with E-state index in [0.717, 1.165) is 5.56 Å². The zero-order chi connectivity index (χ0) is 19.7. The molecule has 3 aromatic carbocycles. The van der Waals surface area contributed by atoms with Crippen molar-refractivity contribution in [1.82, 2.24) is 9.78 Å². The Morgan fingerprint density at radius 1 is 1.00 bits per heavy atom. The fraction of sp³-hybridized carbons (Fsp3) is 0.0455. The van der Waals surface area contributed by atoms with E-state index in [1.807, 2.05) is 19.1 Å². The van der Waals surface area contributed by atoms with Crippen LogP contribution in [0.25, 0.3) is 16.6 Å². The molecular weight excluding hydrogens is 357 g/mol. The molecule has 1 N–H and O–H groups in total. The zero-order valence-corrected chi connectivity index (χ0v) is 15.0. The Morgan fingerprint density at radius 3 is 2.50 bits per heavy atom. The highest BCUT2D eigenvalue weighted by molar-refractivity contribution is 6.04. The minimum atomic E-state index is -0.600. The van der Waals surface area contributed by atoms with Gasteiger partial charge in [-0.3, -0.25) is 9.59 Å². The molecule has 1 amide bonds. The largest absolute Gasteiger partial charge is 0.320 e. The van der Waals surface area contributed by atoms with E-state index in [9.17, 15) is 14.0 Å². The van der Waals surface area contributed by atoms with E-state index in [0.29, 0.717) is 22.3 Å². The van der Waals surface area contributed by atoms with Crippen LogP contribution in [-0.4, -0.2) is 15.7 Å². The van der Waals surface area contributed by atoms with Crippen molar-refractivity contribution in [3.05, 3.63) is 100 Å². The normalized spacial score (nSPS) is 10.8. The second-order valence-corrected chi connectivity index (χ2v) is 6.41. The number of carbonyl (C=O) groups is 1. The number of carbonyl (C=O) groups excluding carboxylic acids is 1. The summed E-state index contributed by atoms with van der Waals surface area (Å²) in [5, 5.41) is 7.36. The number of hydrogen-bond acceptors (Lipinski definition) is 3. The fourth-order valence-corrected chi connectivity index (χ4v) is 3.02. The van der Waals surface area contributed by atoms with E-state index in [4.69, 9.17) is 0 Å². The first-order valence-corrected chi connectivity index (χ1v) is 8.69. The number of halogens is 1. The van der Waals surface area contributed by atoms with Crippen molar-refractivity contribution in [2.24, 2.45) is 0 Å². The average molecular weight is 373 g/mol. The average Bonchev–Trinajstić information content (AvgIpc) is 2.69. The maximum Gasteiger partial charge on any atom is 0.280 e. The molecule has 1 heterocycles. The summed E-state index contributed by atoms with van der Waals surface area (Å²) < 4.78 is 14.8.